The number of hydrogen-bond donors (Lipinski definition) is 1. The van der Waals surface area contributed by atoms with Gasteiger partial charge in [0.25, 0.3) is 10.1 Å². The predicted octanol–water partition coefficient (Wildman–Crippen LogP) is 1.61. The fraction of sp³-hybridized carbons (Fsp3) is 0.500. The summed E-state index contributed by atoms with van der Waals surface area (Å²) >= 11 is 0. The van der Waals surface area contributed by atoms with Crippen LogP contribution in [0, 0.1) is 6.92 Å². The van der Waals surface area contributed by atoms with Crippen molar-refractivity contribution < 1.29 is 17.7 Å². The molecule has 1 aromatic rings. The number of rotatable bonds is 3. The zero-order chi connectivity index (χ0) is 12.5. The van der Waals surface area contributed by atoms with Gasteiger partial charge in [0, 0.05) is 0 Å². The van der Waals surface area contributed by atoms with E-state index in [4.69, 9.17) is 4.18 Å². The molecule has 1 aliphatic carbocycles. The summed E-state index contributed by atoms with van der Waals surface area (Å²) < 4.78 is 28.9. The standard InChI is InChI=1S/C12H16O4S/c1-9-5-7-10(8-6-9)17(14,15)16-12-4-2-3-11(12)13/h5-8,11-13H,2-4H2,1H3. The Labute approximate surface area is 101 Å². The van der Waals surface area contributed by atoms with E-state index in [0.29, 0.717) is 12.8 Å². The normalized spacial score (nSPS) is 25.1. The van der Waals surface area contributed by atoms with Gasteiger partial charge in [0.1, 0.15) is 6.10 Å². The molecule has 0 aliphatic heterocycles. The molecular weight excluding hydrogens is 240 g/mol. The first kappa shape index (κ1) is 12.5. The van der Waals surface area contributed by atoms with Crippen LogP contribution in [0.4, 0.5) is 0 Å². The SMILES string of the molecule is Cc1ccc(S(=O)(=O)OC2CCCC2O)cc1. The van der Waals surface area contributed by atoms with Gasteiger partial charge in [0.15, 0.2) is 0 Å². The van der Waals surface area contributed by atoms with E-state index in [1.54, 1.807) is 12.1 Å². The van der Waals surface area contributed by atoms with E-state index < -0.39 is 22.3 Å². The Morgan fingerprint density at radius 1 is 1.24 bits per heavy atom. The molecule has 2 atom stereocenters. The van der Waals surface area contributed by atoms with Crippen molar-refractivity contribution >= 4 is 10.1 Å². The van der Waals surface area contributed by atoms with Crippen LogP contribution < -0.4 is 0 Å². The third-order valence-corrected chi connectivity index (χ3v) is 4.33. The minimum Gasteiger partial charge on any atom is -0.390 e. The summed E-state index contributed by atoms with van der Waals surface area (Å²) in [4.78, 5) is 0.141. The highest BCUT2D eigenvalue weighted by atomic mass is 32.2. The van der Waals surface area contributed by atoms with Crippen LogP contribution in [0.2, 0.25) is 0 Å². The van der Waals surface area contributed by atoms with Gasteiger partial charge in [-0.05, 0) is 38.3 Å². The summed E-state index contributed by atoms with van der Waals surface area (Å²) in [5.74, 6) is 0. The van der Waals surface area contributed by atoms with Crippen LogP contribution in [0.5, 0.6) is 0 Å². The lowest BCUT2D eigenvalue weighted by atomic mass is 10.2. The molecule has 0 bridgehead atoms. The summed E-state index contributed by atoms with van der Waals surface area (Å²) in [7, 11) is -3.75. The first-order chi connectivity index (χ1) is 7.99. The first-order valence-corrected chi connectivity index (χ1v) is 7.08. The Morgan fingerprint density at radius 2 is 1.88 bits per heavy atom. The number of hydrogen-bond acceptors (Lipinski definition) is 4. The van der Waals surface area contributed by atoms with E-state index in [0.717, 1.165) is 12.0 Å². The zero-order valence-corrected chi connectivity index (χ0v) is 10.5. The molecule has 4 nitrogen and oxygen atoms in total. The second-order valence-corrected chi connectivity index (χ2v) is 5.97. The third-order valence-electron chi connectivity index (χ3n) is 2.98. The molecular formula is C12H16O4S. The van der Waals surface area contributed by atoms with E-state index in [-0.39, 0.29) is 4.90 Å². The maximum absolute atomic E-state index is 11.9. The molecule has 0 amide bonds. The number of aryl methyl sites for hydroxylation is 1. The Bertz CT molecular complexity index is 478. The Balaban J connectivity index is 2.16. The van der Waals surface area contributed by atoms with Crippen LogP contribution >= 0.6 is 0 Å². The Hall–Kier alpha value is -0.910. The van der Waals surface area contributed by atoms with E-state index in [2.05, 4.69) is 0 Å². The molecule has 94 valence electrons. The summed E-state index contributed by atoms with van der Waals surface area (Å²) in [6.45, 7) is 1.89. The molecule has 0 aromatic heterocycles. The van der Waals surface area contributed by atoms with Crippen LogP contribution in [0.1, 0.15) is 24.8 Å². The number of benzene rings is 1. The van der Waals surface area contributed by atoms with Gasteiger partial charge in [0.05, 0.1) is 11.0 Å². The highest BCUT2D eigenvalue weighted by Crippen LogP contribution is 2.26. The minimum absolute atomic E-state index is 0.141. The van der Waals surface area contributed by atoms with Gasteiger partial charge in [-0.1, -0.05) is 17.7 Å². The summed E-state index contributed by atoms with van der Waals surface area (Å²) in [5, 5.41) is 9.55. The lowest BCUT2D eigenvalue weighted by Gasteiger charge is -2.15. The highest BCUT2D eigenvalue weighted by molar-refractivity contribution is 7.86. The van der Waals surface area contributed by atoms with Crippen molar-refractivity contribution in [1.82, 2.24) is 0 Å². The molecule has 0 spiro atoms. The average molecular weight is 256 g/mol. The van der Waals surface area contributed by atoms with E-state index in [1.807, 2.05) is 6.92 Å². The van der Waals surface area contributed by atoms with Crippen molar-refractivity contribution in [3.05, 3.63) is 29.8 Å². The maximum Gasteiger partial charge on any atom is 0.297 e. The Morgan fingerprint density at radius 3 is 2.41 bits per heavy atom. The number of aliphatic hydroxyl groups is 1. The van der Waals surface area contributed by atoms with Crippen LogP contribution in [0.15, 0.2) is 29.2 Å². The van der Waals surface area contributed by atoms with Crippen molar-refractivity contribution in [1.29, 1.82) is 0 Å². The molecule has 1 aliphatic rings. The van der Waals surface area contributed by atoms with Crippen LogP contribution in [0.25, 0.3) is 0 Å². The average Bonchev–Trinajstić information content (AvgIpc) is 2.64. The second kappa shape index (κ2) is 4.76. The van der Waals surface area contributed by atoms with Gasteiger partial charge in [0.2, 0.25) is 0 Å². The van der Waals surface area contributed by atoms with Crippen molar-refractivity contribution in [2.75, 3.05) is 0 Å². The molecule has 1 saturated carbocycles. The van der Waals surface area contributed by atoms with Crippen LogP contribution in [0.3, 0.4) is 0 Å². The molecule has 1 fully saturated rings. The van der Waals surface area contributed by atoms with Gasteiger partial charge in [-0.25, -0.2) is 0 Å². The van der Waals surface area contributed by atoms with Crippen molar-refractivity contribution in [3.8, 4) is 0 Å². The summed E-state index contributed by atoms with van der Waals surface area (Å²) in [6.07, 6.45) is 0.729. The summed E-state index contributed by atoms with van der Waals surface area (Å²) in [6, 6.07) is 6.49. The van der Waals surface area contributed by atoms with Crippen LogP contribution in [-0.2, 0) is 14.3 Å². The predicted molar refractivity (Wildman–Crippen MR) is 63.1 cm³/mol. The summed E-state index contributed by atoms with van der Waals surface area (Å²) in [5.41, 5.74) is 0.991. The fourth-order valence-corrected chi connectivity index (χ4v) is 3.07. The second-order valence-electron chi connectivity index (χ2n) is 4.40. The van der Waals surface area contributed by atoms with Gasteiger partial charge in [-0.2, -0.15) is 8.42 Å². The van der Waals surface area contributed by atoms with Crippen molar-refractivity contribution in [3.63, 3.8) is 0 Å². The highest BCUT2D eigenvalue weighted by Gasteiger charge is 2.31. The van der Waals surface area contributed by atoms with Crippen LogP contribution in [-0.4, -0.2) is 25.7 Å². The molecule has 2 rings (SSSR count). The van der Waals surface area contributed by atoms with Crippen molar-refractivity contribution in [2.45, 2.75) is 43.3 Å². The van der Waals surface area contributed by atoms with E-state index >= 15 is 0 Å². The number of aliphatic hydroxyl groups excluding tert-OH is 1. The molecule has 17 heavy (non-hydrogen) atoms. The maximum atomic E-state index is 11.9. The molecule has 1 aromatic carbocycles. The van der Waals surface area contributed by atoms with E-state index in [9.17, 15) is 13.5 Å². The monoisotopic (exact) mass is 256 g/mol. The fourth-order valence-electron chi connectivity index (χ4n) is 1.94. The lowest BCUT2D eigenvalue weighted by Crippen LogP contribution is -2.26. The lowest BCUT2D eigenvalue weighted by molar-refractivity contribution is 0.0645. The van der Waals surface area contributed by atoms with Gasteiger partial charge >= 0.3 is 0 Å². The zero-order valence-electron chi connectivity index (χ0n) is 9.67. The molecule has 0 heterocycles. The largest absolute Gasteiger partial charge is 0.390 e. The Kier molecular flexibility index (Phi) is 3.51. The third kappa shape index (κ3) is 2.86. The quantitative estimate of drug-likeness (QED) is 0.835. The van der Waals surface area contributed by atoms with Gasteiger partial charge < -0.3 is 5.11 Å². The van der Waals surface area contributed by atoms with Crippen molar-refractivity contribution in [2.24, 2.45) is 0 Å². The smallest absolute Gasteiger partial charge is 0.297 e. The molecule has 0 saturated heterocycles. The van der Waals surface area contributed by atoms with E-state index in [1.165, 1.54) is 12.1 Å². The van der Waals surface area contributed by atoms with Gasteiger partial charge in [-0.3, -0.25) is 4.18 Å². The topological polar surface area (TPSA) is 63.6 Å². The first-order valence-electron chi connectivity index (χ1n) is 5.67. The molecule has 2 unspecified atom stereocenters. The minimum atomic E-state index is -3.75. The molecule has 5 heteroatoms. The molecule has 1 N–H and O–H groups in total. The molecule has 0 radical (unpaired) electrons. The van der Waals surface area contributed by atoms with Gasteiger partial charge in [-0.15, -0.1) is 0 Å².